The van der Waals surface area contributed by atoms with Crippen LogP contribution in [0.3, 0.4) is 0 Å². The lowest BCUT2D eigenvalue weighted by molar-refractivity contribution is 0.212. The first-order valence-electron chi connectivity index (χ1n) is 4.82. The summed E-state index contributed by atoms with van der Waals surface area (Å²) in [6.07, 6.45) is 3.89. The number of aliphatic hydroxyl groups is 1. The van der Waals surface area contributed by atoms with Crippen molar-refractivity contribution in [1.82, 2.24) is 0 Å². The van der Waals surface area contributed by atoms with Gasteiger partial charge in [-0.05, 0) is 12.8 Å². The highest BCUT2D eigenvalue weighted by atomic mass is 28.3. The molecule has 0 rings (SSSR count). The SMILES string of the molecule is CC/C=C(\[C@H](O)CC)[Si](C)(C)C. The van der Waals surface area contributed by atoms with Crippen LogP contribution in [0.15, 0.2) is 11.3 Å². The molecular weight excluding hydrogens is 164 g/mol. The zero-order chi connectivity index (χ0) is 9.78. The Hall–Kier alpha value is -0.0831. The van der Waals surface area contributed by atoms with Crippen molar-refractivity contribution in [3.05, 3.63) is 11.3 Å². The summed E-state index contributed by atoms with van der Waals surface area (Å²) in [6, 6.07) is 0. The minimum atomic E-state index is -1.28. The normalized spacial score (nSPS) is 16.3. The van der Waals surface area contributed by atoms with Gasteiger partial charge in [-0.15, -0.1) is 0 Å². The highest BCUT2D eigenvalue weighted by Crippen LogP contribution is 2.20. The Morgan fingerprint density at radius 1 is 1.33 bits per heavy atom. The molecule has 0 aromatic heterocycles. The predicted octanol–water partition coefficient (Wildman–Crippen LogP) is 2.97. The molecule has 0 heterocycles. The summed E-state index contributed by atoms with van der Waals surface area (Å²) in [6.45, 7) is 11.0. The van der Waals surface area contributed by atoms with Gasteiger partial charge in [0.15, 0.2) is 0 Å². The maximum Gasteiger partial charge on any atom is 0.0753 e. The van der Waals surface area contributed by atoms with Crippen molar-refractivity contribution in [3.8, 4) is 0 Å². The van der Waals surface area contributed by atoms with Crippen LogP contribution in [0.1, 0.15) is 26.7 Å². The molecule has 0 radical (unpaired) electrons. The van der Waals surface area contributed by atoms with E-state index >= 15 is 0 Å². The Morgan fingerprint density at radius 3 is 2.08 bits per heavy atom. The molecule has 12 heavy (non-hydrogen) atoms. The average molecular weight is 186 g/mol. The van der Waals surface area contributed by atoms with Gasteiger partial charge in [-0.3, -0.25) is 0 Å². The third-order valence-electron chi connectivity index (χ3n) is 2.04. The van der Waals surface area contributed by atoms with Crippen LogP contribution in [0.25, 0.3) is 0 Å². The Labute approximate surface area is 77.5 Å². The maximum absolute atomic E-state index is 9.75. The Kier molecular flexibility index (Phi) is 4.79. The van der Waals surface area contributed by atoms with E-state index in [0.717, 1.165) is 12.8 Å². The van der Waals surface area contributed by atoms with E-state index in [2.05, 4.69) is 32.6 Å². The van der Waals surface area contributed by atoms with Gasteiger partial charge in [0, 0.05) is 0 Å². The van der Waals surface area contributed by atoms with Gasteiger partial charge < -0.3 is 5.11 Å². The van der Waals surface area contributed by atoms with Gasteiger partial charge in [0.1, 0.15) is 0 Å². The predicted molar refractivity (Wildman–Crippen MR) is 58.0 cm³/mol. The first kappa shape index (κ1) is 11.9. The lowest BCUT2D eigenvalue weighted by Gasteiger charge is -2.25. The summed E-state index contributed by atoms with van der Waals surface area (Å²) in [7, 11) is -1.28. The molecule has 0 aromatic rings. The zero-order valence-electron chi connectivity index (χ0n) is 9.02. The third-order valence-corrected chi connectivity index (χ3v) is 4.31. The molecule has 72 valence electrons. The molecule has 1 N–H and O–H groups in total. The molecule has 1 atom stereocenters. The van der Waals surface area contributed by atoms with Gasteiger partial charge in [0.05, 0.1) is 14.2 Å². The number of allylic oxidation sites excluding steroid dienone is 1. The van der Waals surface area contributed by atoms with E-state index in [1.54, 1.807) is 0 Å². The fourth-order valence-electron chi connectivity index (χ4n) is 1.38. The van der Waals surface area contributed by atoms with E-state index in [1.807, 2.05) is 6.92 Å². The van der Waals surface area contributed by atoms with Crippen LogP contribution >= 0.6 is 0 Å². The number of aliphatic hydroxyl groups excluding tert-OH is 1. The summed E-state index contributed by atoms with van der Waals surface area (Å²) < 4.78 is 0. The number of hydrogen-bond acceptors (Lipinski definition) is 1. The molecule has 0 aliphatic carbocycles. The quantitative estimate of drug-likeness (QED) is 0.669. The van der Waals surface area contributed by atoms with E-state index in [4.69, 9.17) is 0 Å². The largest absolute Gasteiger partial charge is 0.389 e. The van der Waals surface area contributed by atoms with Crippen molar-refractivity contribution < 1.29 is 5.11 Å². The minimum absolute atomic E-state index is 0.198. The van der Waals surface area contributed by atoms with Crippen molar-refractivity contribution in [3.63, 3.8) is 0 Å². The molecule has 0 saturated carbocycles. The second-order valence-corrected chi connectivity index (χ2v) is 9.32. The van der Waals surface area contributed by atoms with E-state index in [0.29, 0.717) is 0 Å². The molecule has 0 amide bonds. The van der Waals surface area contributed by atoms with Crippen LogP contribution in [0.4, 0.5) is 0 Å². The van der Waals surface area contributed by atoms with Crippen molar-refractivity contribution >= 4 is 8.07 Å². The molecule has 2 heteroatoms. The van der Waals surface area contributed by atoms with Crippen LogP contribution in [-0.4, -0.2) is 19.3 Å². The van der Waals surface area contributed by atoms with Gasteiger partial charge in [0.2, 0.25) is 0 Å². The molecule has 0 aromatic carbocycles. The van der Waals surface area contributed by atoms with Gasteiger partial charge in [0.25, 0.3) is 0 Å². The maximum atomic E-state index is 9.75. The highest BCUT2D eigenvalue weighted by molar-refractivity contribution is 6.83. The zero-order valence-corrected chi connectivity index (χ0v) is 10.0. The van der Waals surface area contributed by atoms with Crippen molar-refractivity contribution in [2.75, 3.05) is 0 Å². The van der Waals surface area contributed by atoms with Crippen LogP contribution in [-0.2, 0) is 0 Å². The second kappa shape index (κ2) is 4.82. The summed E-state index contributed by atoms with van der Waals surface area (Å²) in [5, 5.41) is 11.1. The van der Waals surface area contributed by atoms with Crippen LogP contribution in [0.5, 0.6) is 0 Å². The molecule has 0 fully saturated rings. The van der Waals surface area contributed by atoms with Crippen molar-refractivity contribution in [2.45, 2.75) is 52.4 Å². The second-order valence-electron chi connectivity index (χ2n) is 4.24. The average Bonchev–Trinajstić information content (AvgIpc) is 1.96. The summed E-state index contributed by atoms with van der Waals surface area (Å²) in [5.41, 5.74) is 0. The molecule has 0 unspecified atom stereocenters. The monoisotopic (exact) mass is 186 g/mol. The minimum Gasteiger partial charge on any atom is -0.389 e. The summed E-state index contributed by atoms with van der Waals surface area (Å²) in [5.74, 6) is 0. The smallest absolute Gasteiger partial charge is 0.0753 e. The van der Waals surface area contributed by atoms with Gasteiger partial charge >= 0.3 is 0 Å². The Balaban J connectivity index is 4.56. The molecule has 0 aliphatic rings. The van der Waals surface area contributed by atoms with Crippen LogP contribution in [0.2, 0.25) is 19.6 Å². The first-order valence-corrected chi connectivity index (χ1v) is 8.32. The van der Waals surface area contributed by atoms with E-state index in [1.165, 1.54) is 5.20 Å². The fourth-order valence-corrected chi connectivity index (χ4v) is 3.40. The van der Waals surface area contributed by atoms with E-state index in [-0.39, 0.29) is 6.10 Å². The molecule has 0 aliphatic heterocycles. The summed E-state index contributed by atoms with van der Waals surface area (Å²) in [4.78, 5) is 0. The lowest BCUT2D eigenvalue weighted by atomic mass is 10.2. The highest BCUT2D eigenvalue weighted by Gasteiger charge is 2.23. The van der Waals surface area contributed by atoms with Crippen LogP contribution < -0.4 is 0 Å². The van der Waals surface area contributed by atoms with E-state index < -0.39 is 8.07 Å². The van der Waals surface area contributed by atoms with Crippen molar-refractivity contribution in [1.29, 1.82) is 0 Å². The molecule has 0 spiro atoms. The third kappa shape index (κ3) is 3.54. The number of rotatable bonds is 4. The molecule has 0 saturated heterocycles. The van der Waals surface area contributed by atoms with Gasteiger partial charge in [-0.2, -0.15) is 0 Å². The van der Waals surface area contributed by atoms with Gasteiger partial charge in [-0.1, -0.05) is 44.8 Å². The van der Waals surface area contributed by atoms with Gasteiger partial charge in [-0.25, -0.2) is 0 Å². The topological polar surface area (TPSA) is 20.2 Å². The van der Waals surface area contributed by atoms with E-state index in [9.17, 15) is 5.11 Å². The van der Waals surface area contributed by atoms with Crippen molar-refractivity contribution in [2.24, 2.45) is 0 Å². The number of hydrogen-bond donors (Lipinski definition) is 1. The summed E-state index contributed by atoms with van der Waals surface area (Å²) >= 11 is 0. The first-order chi connectivity index (χ1) is 5.43. The fraction of sp³-hybridized carbons (Fsp3) is 0.800. The Morgan fingerprint density at radius 2 is 1.83 bits per heavy atom. The molecular formula is C10H22OSi. The lowest BCUT2D eigenvalue weighted by Crippen LogP contribution is -2.31. The standard InChI is InChI=1S/C10H22OSi/c1-6-8-10(9(11)7-2)12(3,4)5/h8-9,11H,6-7H2,1-5H3/b10-8+/t9-/m1/s1. The molecule has 0 bridgehead atoms. The van der Waals surface area contributed by atoms with Crippen LogP contribution in [0, 0.1) is 0 Å². The Bertz CT molecular complexity index is 156. The molecule has 1 nitrogen and oxygen atoms in total.